The van der Waals surface area contributed by atoms with Gasteiger partial charge in [-0.05, 0) is 26.0 Å². The molecule has 0 saturated carbocycles. The van der Waals surface area contributed by atoms with Gasteiger partial charge < -0.3 is 15.0 Å². The number of nitrogens with one attached hydrogen (secondary N) is 1. The number of hydrogen-bond acceptors (Lipinski definition) is 4. The number of rotatable bonds is 4. The van der Waals surface area contributed by atoms with Crippen LogP contribution >= 0.6 is 0 Å². The summed E-state index contributed by atoms with van der Waals surface area (Å²) in [5.74, 6) is -1.74. The average Bonchev–Trinajstić information content (AvgIpc) is 2.57. The molecule has 1 atom stereocenters. The van der Waals surface area contributed by atoms with Crippen LogP contribution in [-0.4, -0.2) is 60.6 Å². The lowest BCUT2D eigenvalue weighted by molar-refractivity contribution is -0.121. The molecule has 0 aromatic heterocycles. The Balaban J connectivity index is 1.90. The summed E-state index contributed by atoms with van der Waals surface area (Å²) in [6.45, 7) is 5.64. The van der Waals surface area contributed by atoms with Crippen LogP contribution in [0.2, 0.25) is 0 Å². The van der Waals surface area contributed by atoms with Crippen LogP contribution in [0.4, 0.5) is 19.3 Å². The molecule has 8 heteroatoms. The van der Waals surface area contributed by atoms with E-state index in [4.69, 9.17) is 4.74 Å². The van der Waals surface area contributed by atoms with Gasteiger partial charge in [0.1, 0.15) is 11.6 Å². The number of benzene rings is 1. The van der Waals surface area contributed by atoms with Gasteiger partial charge in [-0.3, -0.25) is 9.69 Å². The molecule has 1 aliphatic heterocycles. The highest BCUT2D eigenvalue weighted by Gasteiger charge is 2.28. The molecule has 1 aromatic carbocycles. The van der Waals surface area contributed by atoms with Gasteiger partial charge in [0.05, 0.1) is 18.3 Å². The molecule has 0 bridgehead atoms. The molecular formula is C16H21F2N3O3. The molecule has 1 heterocycles. The van der Waals surface area contributed by atoms with Crippen molar-refractivity contribution in [2.24, 2.45) is 0 Å². The van der Waals surface area contributed by atoms with E-state index in [0.717, 1.165) is 18.2 Å². The van der Waals surface area contributed by atoms with Crippen molar-refractivity contribution in [2.75, 3.05) is 38.1 Å². The predicted molar refractivity (Wildman–Crippen MR) is 84.6 cm³/mol. The zero-order valence-corrected chi connectivity index (χ0v) is 13.7. The first-order valence-electron chi connectivity index (χ1n) is 7.84. The van der Waals surface area contributed by atoms with E-state index in [9.17, 15) is 18.4 Å². The van der Waals surface area contributed by atoms with Gasteiger partial charge in [-0.1, -0.05) is 0 Å². The molecule has 0 aliphatic carbocycles. The number of carbonyl (C=O) groups is 2. The largest absolute Gasteiger partial charge is 0.450 e. The Bertz CT molecular complexity index is 604. The molecule has 0 radical (unpaired) electrons. The van der Waals surface area contributed by atoms with Crippen LogP contribution < -0.4 is 5.32 Å². The third kappa shape index (κ3) is 4.41. The first-order chi connectivity index (χ1) is 11.4. The molecule has 2 rings (SSSR count). The number of amides is 2. The maximum absolute atomic E-state index is 13.6. The summed E-state index contributed by atoms with van der Waals surface area (Å²) < 4.78 is 31.7. The molecule has 1 fully saturated rings. The van der Waals surface area contributed by atoms with Crippen LogP contribution in [0.5, 0.6) is 0 Å². The molecule has 24 heavy (non-hydrogen) atoms. The Hall–Kier alpha value is -2.22. The van der Waals surface area contributed by atoms with Crippen LogP contribution in [0.15, 0.2) is 18.2 Å². The maximum Gasteiger partial charge on any atom is 0.409 e. The van der Waals surface area contributed by atoms with Crippen molar-refractivity contribution in [3.8, 4) is 0 Å². The molecular weight excluding hydrogens is 320 g/mol. The van der Waals surface area contributed by atoms with E-state index in [2.05, 4.69) is 5.32 Å². The Kier molecular flexibility index (Phi) is 6.08. The number of halogens is 2. The van der Waals surface area contributed by atoms with Crippen molar-refractivity contribution in [3.05, 3.63) is 29.8 Å². The fraction of sp³-hybridized carbons (Fsp3) is 0.500. The Labute approximate surface area is 139 Å². The van der Waals surface area contributed by atoms with Gasteiger partial charge in [-0.15, -0.1) is 0 Å². The van der Waals surface area contributed by atoms with Gasteiger partial charge in [0.15, 0.2) is 0 Å². The zero-order valence-electron chi connectivity index (χ0n) is 13.7. The molecule has 1 saturated heterocycles. The van der Waals surface area contributed by atoms with Crippen LogP contribution in [-0.2, 0) is 9.53 Å². The average molecular weight is 341 g/mol. The summed E-state index contributed by atoms with van der Waals surface area (Å²) in [6.07, 6.45) is -0.365. The van der Waals surface area contributed by atoms with E-state index in [0.29, 0.717) is 32.8 Å². The van der Waals surface area contributed by atoms with Gasteiger partial charge in [-0.2, -0.15) is 0 Å². The maximum atomic E-state index is 13.6. The summed E-state index contributed by atoms with van der Waals surface area (Å²) in [6, 6.07) is 2.37. The minimum atomic E-state index is -0.691. The highest BCUT2D eigenvalue weighted by molar-refractivity contribution is 5.94. The molecule has 6 nitrogen and oxygen atoms in total. The van der Waals surface area contributed by atoms with Crippen molar-refractivity contribution < 1.29 is 23.1 Å². The summed E-state index contributed by atoms with van der Waals surface area (Å²) in [7, 11) is 0. The van der Waals surface area contributed by atoms with Gasteiger partial charge in [-0.25, -0.2) is 13.6 Å². The second kappa shape index (κ2) is 8.05. The summed E-state index contributed by atoms with van der Waals surface area (Å²) in [5.41, 5.74) is -0.183. The smallest absolute Gasteiger partial charge is 0.409 e. The molecule has 2 amide bonds. The van der Waals surface area contributed by atoms with Crippen LogP contribution in [0.1, 0.15) is 13.8 Å². The Morgan fingerprint density at radius 3 is 2.54 bits per heavy atom. The number of ether oxygens (including phenoxy) is 1. The van der Waals surface area contributed by atoms with E-state index >= 15 is 0 Å². The van der Waals surface area contributed by atoms with E-state index < -0.39 is 23.6 Å². The summed E-state index contributed by atoms with van der Waals surface area (Å²) in [4.78, 5) is 27.4. The minimum absolute atomic E-state index is 0.183. The number of piperazine rings is 1. The highest BCUT2D eigenvalue weighted by Crippen LogP contribution is 2.16. The molecule has 1 aromatic rings. The topological polar surface area (TPSA) is 61.9 Å². The lowest BCUT2D eigenvalue weighted by atomic mass is 10.2. The lowest BCUT2D eigenvalue weighted by Crippen LogP contribution is -2.54. The molecule has 0 spiro atoms. The van der Waals surface area contributed by atoms with Crippen molar-refractivity contribution in [3.63, 3.8) is 0 Å². The van der Waals surface area contributed by atoms with Crippen molar-refractivity contribution in [2.45, 2.75) is 19.9 Å². The SMILES string of the molecule is CCOC(=O)N1CCN([C@@H](C)C(=O)Nc2cc(F)ccc2F)CC1. The summed E-state index contributed by atoms with van der Waals surface area (Å²) in [5, 5.41) is 2.40. The van der Waals surface area contributed by atoms with E-state index in [1.54, 1.807) is 18.7 Å². The van der Waals surface area contributed by atoms with Crippen molar-refractivity contribution in [1.82, 2.24) is 9.80 Å². The standard InChI is InChI=1S/C16H21F2N3O3/c1-3-24-16(23)21-8-6-20(7-9-21)11(2)15(22)19-14-10-12(17)4-5-13(14)18/h4-5,10-11H,3,6-9H2,1-2H3,(H,19,22)/t11-/m0/s1. The molecule has 1 N–H and O–H groups in total. The fourth-order valence-electron chi connectivity index (χ4n) is 2.50. The third-order valence-corrected chi connectivity index (χ3v) is 3.95. The Morgan fingerprint density at radius 2 is 1.92 bits per heavy atom. The molecule has 1 aliphatic rings. The van der Waals surface area contributed by atoms with Crippen LogP contribution in [0.25, 0.3) is 0 Å². The molecule has 0 unspecified atom stereocenters. The quantitative estimate of drug-likeness (QED) is 0.911. The first-order valence-corrected chi connectivity index (χ1v) is 7.84. The Morgan fingerprint density at radius 1 is 1.25 bits per heavy atom. The normalized spacial score (nSPS) is 16.6. The molecule has 132 valence electrons. The van der Waals surface area contributed by atoms with Gasteiger partial charge >= 0.3 is 6.09 Å². The number of nitrogens with zero attached hydrogens (tertiary/aromatic N) is 2. The number of hydrogen-bond donors (Lipinski definition) is 1. The van der Waals surface area contributed by atoms with Gasteiger partial charge in [0, 0.05) is 32.2 Å². The second-order valence-electron chi connectivity index (χ2n) is 5.51. The zero-order chi connectivity index (χ0) is 17.7. The fourth-order valence-corrected chi connectivity index (χ4v) is 2.50. The highest BCUT2D eigenvalue weighted by atomic mass is 19.1. The van der Waals surface area contributed by atoms with Gasteiger partial charge in [0.25, 0.3) is 0 Å². The van der Waals surface area contributed by atoms with Crippen LogP contribution in [0.3, 0.4) is 0 Å². The predicted octanol–water partition coefficient (Wildman–Crippen LogP) is 2.07. The lowest BCUT2D eigenvalue weighted by Gasteiger charge is -2.36. The number of carbonyl (C=O) groups excluding carboxylic acids is 2. The van der Waals surface area contributed by atoms with Crippen molar-refractivity contribution in [1.29, 1.82) is 0 Å². The van der Waals surface area contributed by atoms with E-state index in [-0.39, 0.29) is 11.8 Å². The van der Waals surface area contributed by atoms with E-state index in [1.807, 2.05) is 4.90 Å². The summed E-state index contributed by atoms with van der Waals surface area (Å²) >= 11 is 0. The third-order valence-electron chi connectivity index (χ3n) is 3.95. The minimum Gasteiger partial charge on any atom is -0.450 e. The van der Waals surface area contributed by atoms with Gasteiger partial charge in [0.2, 0.25) is 5.91 Å². The second-order valence-corrected chi connectivity index (χ2v) is 5.51. The monoisotopic (exact) mass is 341 g/mol. The number of anilines is 1. The van der Waals surface area contributed by atoms with Crippen LogP contribution in [0, 0.1) is 11.6 Å². The van der Waals surface area contributed by atoms with E-state index in [1.165, 1.54) is 0 Å². The van der Waals surface area contributed by atoms with Crippen molar-refractivity contribution >= 4 is 17.7 Å². The first kappa shape index (κ1) is 18.1.